The summed E-state index contributed by atoms with van der Waals surface area (Å²) in [7, 11) is 1.53. The summed E-state index contributed by atoms with van der Waals surface area (Å²) in [5.74, 6) is -0.407. The van der Waals surface area contributed by atoms with Gasteiger partial charge in [-0.15, -0.1) is 0 Å². The number of nitrogens with two attached hydrogens (primary N) is 1. The predicted molar refractivity (Wildman–Crippen MR) is 113 cm³/mol. The molecule has 30 heavy (non-hydrogen) atoms. The monoisotopic (exact) mass is 399 g/mol. The summed E-state index contributed by atoms with van der Waals surface area (Å²) in [6, 6.07) is 14.5. The van der Waals surface area contributed by atoms with Gasteiger partial charge in [-0.2, -0.15) is 5.10 Å². The van der Waals surface area contributed by atoms with Gasteiger partial charge in [0.05, 0.1) is 16.9 Å². The molecule has 3 heterocycles. The summed E-state index contributed by atoms with van der Waals surface area (Å²) < 4.78 is 1.50. The van der Waals surface area contributed by atoms with Crippen LogP contribution in [0, 0.1) is 0 Å². The molecule has 0 aliphatic heterocycles. The SMILES string of the molecule is CNC(=O)c1nc2c(-n3ccc(C(=O)c4cc5ccccc5[nH]4)n3)c(N)ccc2[nH]1. The lowest BCUT2D eigenvalue weighted by molar-refractivity contribution is 0.0953. The van der Waals surface area contributed by atoms with Crippen LogP contribution in [0.2, 0.25) is 0 Å². The first-order valence-corrected chi connectivity index (χ1v) is 9.24. The van der Waals surface area contributed by atoms with Crippen molar-refractivity contribution in [2.75, 3.05) is 12.8 Å². The second-order valence-corrected chi connectivity index (χ2v) is 6.81. The van der Waals surface area contributed by atoms with Gasteiger partial charge in [-0.05, 0) is 30.3 Å². The standard InChI is InChI=1S/C21H17N7O2/c1-23-21(30)20-25-14-7-6-12(22)18(17(14)26-20)28-9-8-15(27-28)19(29)16-10-11-4-2-3-5-13(11)24-16/h2-10,24H,22H2,1H3,(H,23,30)(H,25,26). The third kappa shape index (κ3) is 2.72. The molecule has 0 unspecified atom stereocenters. The van der Waals surface area contributed by atoms with E-state index in [-0.39, 0.29) is 23.2 Å². The number of anilines is 1. The number of H-pyrrole nitrogens is 2. The first kappa shape index (κ1) is 17.7. The van der Waals surface area contributed by atoms with Crippen molar-refractivity contribution in [1.82, 2.24) is 30.0 Å². The van der Waals surface area contributed by atoms with Gasteiger partial charge in [0.25, 0.3) is 5.91 Å². The molecule has 0 saturated heterocycles. The largest absolute Gasteiger partial charge is 0.397 e. The van der Waals surface area contributed by atoms with Crippen LogP contribution in [0.25, 0.3) is 27.6 Å². The van der Waals surface area contributed by atoms with Crippen LogP contribution < -0.4 is 11.1 Å². The zero-order valence-electron chi connectivity index (χ0n) is 15.9. The summed E-state index contributed by atoms with van der Waals surface area (Å²) in [5.41, 5.74) is 9.82. The predicted octanol–water partition coefficient (Wildman–Crippen LogP) is 2.40. The molecule has 0 aliphatic carbocycles. The highest BCUT2D eigenvalue weighted by molar-refractivity contribution is 6.09. The van der Waals surface area contributed by atoms with Crippen LogP contribution in [0.3, 0.4) is 0 Å². The van der Waals surface area contributed by atoms with Gasteiger partial charge in [-0.25, -0.2) is 9.67 Å². The van der Waals surface area contributed by atoms with Crippen LogP contribution >= 0.6 is 0 Å². The van der Waals surface area contributed by atoms with Gasteiger partial charge in [0.1, 0.15) is 16.9 Å². The van der Waals surface area contributed by atoms with E-state index in [2.05, 4.69) is 25.4 Å². The van der Waals surface area contributed by atoms with E-state index in [0.29, 0.717) is 28.1 Å². The smallest absolute Gasteiger partial charge is 0.286 e. The van der Waals surface area contributed by atoms with Gasteiger partial charge in [0.15, 0.2) is 5.82 Å². The maximum absolute atomic E-state index is 12.9. The van der Waals surface area contributed by atoms with E-state index < -0.39 is 0 Å². The van der Waals surface area contributed by atoms with Gasteiger partial charge >= 0.3 is 0 Å². The molecule has 5 rings (SSSR count). The molecule has 0 aliphatic rings. The number of hydrogen-bond acceptors (Lipinski definition) is 5. The van der Waals surface area contributed by atoms with Crippen LogP contribution in [0.1, 0.15) is 26.8 Å². The number of fused-ring (bicyclic) bond motifs is 2. The molecule has 0 bridgehead atoms. The Morgan fingerprint density at radius 2 is 1.90 bits per heavy atom. The van der Waals surface area contributed by atoms with Crippen LogP contribution in [0.5, 0.6) is 0 Å². The summed E-state index contributed by atoms with van der Waals surface area (Å²) >= 11 is 0. The Kier molecular flexibility index (Phi) is 3.88. The number of aromatic nitrogens is 5. The molecule has 5 aromatic rings. The number of aromatic amines is 2. The molecule has 9 nitrogen and oxygen atoms in total. The van der Waals surface area contributed by atoms with Crippen molar-refractivity contribution in [2.24, 2.45) is 0 Å². The maximum atomic E-state index is 12.9. The second kappa shape index (κ2) is 6.59. The normalized spacial score (nSPS) is 11.2. The third-order valence-corrected chi connectivity index (χ3v) is 4.93. The van der Waals surface area contributed by atoms with Crippen LogP contribution in [0.4, 0.5) is 5.69 Å². The average molecular weight is 399 g/mol. The van der Waals surface area contributed by atoms with Gasteiger partial charge in [0.2, 0.25) is 5.78 Å². The summed E-state index contributed by atoms with van der Waals surface area (Å²) in [6.45, 7) is 0. The van der Waals surface area contributed by atoms with E-state index in [1.807, 2.05) is 24.3 Å². The fraction of sp³-hybridized carbons (Fsp3) is 0.0476. The molecule has 3 aromatic heterocycles. The minimum Gasteiger partial charge on any atom is -0.397 e. The number of nitrogen functional groups attached to an aromatic ring is 1. The number of imidazole rings is 1. The van der Waals surface area contributed by atoms with Crippen molar-refractivity contribution >= 4 is 39.3 Å². The Morgan fingerprint density at radius 1 is 1.07 bits per heavy atom. The molecule has 0 radical (unpaired) electrons. The van der Waals surface area contributed by atoms with Crippen molar-refractivity contribution < 1.29 is 9.59 Å². The molecule has 9 heteroatoms. The van der Waals surface area contributed by atoms with Gasteiger partial charge < -0.3 is 21.0 Å². The minimum atomic E-state index is -0.342. The lowest BCUT2D eigenvalue weighted by Gasteiger charge is -2.06. The quantitative estimate of drug-likeness (QED) is 0.272. The van der Waals surface area contributed by atoms with Crippen LogP contribution in [-0.4, -0.2) is 43.5 Å². The summed E-state index contributed by atoms with van der Waals surface area (Å²) in [5, 5.41) is 7.91. The molecule has 0 atom stereocenters. The van der Waals surface area contributed by atoms with Gasteiger partial charge in [-0.1, -0.05) is 18.2 Å². The number of benzene rings is 2. The van der Waals surface area contributed by atoms with E-state index >= 15 is 0 Å². The topological polar surface area (TPSA) is 134 Å². The van der Waals surface area contributed by atoms with Crippen molar-refractivity contribution in [3.8, 4) is 5.69 Å². The summed E-state index contributed by atoms with van der Waals surface area (Å²) in [4.78, 5) is 35.3. The van der Waals surface area contributed by atoms with Gasteiger partial charge in [0, 0.05) is 24.1 Å². The van der Waals surface area contributed by atoms with Crippen molar-refractivity contribution in [3.05, 3.63) is 71.9 Å². The molecule has 0 fully saturated rings. The molecule has 148 valence electrons. The molecule has 0 spiro atoms. The Hall–Kier alpha value is -4.40. The molecule has 0 saturated carbocycles. The second-order valence-electron chi connectivity index (χ2n) is 6.81. The fourth-order valence-electron chi connectivity index (χ4n) is 3.45. The molecular weight excluding hydrogens is 382 g/mol. The fourth-order valence-corrected chi connectivity index (χ4v) is 3.45. The zero-order valence-corrected chi connectivity index (χ0v) is 15.9. The lowest BCUT2D eigenvalue weighted by Crippen LogP contribution is -2.19. The van der Waals surface area contributed by atoms with Crippen molar-refractivity contribution in [2.45, 2.75) is 0 Å². The maximum Gasteiger partial charge on any atom is 0.286 e. The first-order valence-electron chi connectivity index (χ1n) is 9.24. The molecule has 5 N–H and O–H groups in total. The Balaban J connectivity index is 1.57. The van der Waals surface area contributed by atoms with E-state index in [0.717, 1.165) is 10.9 Å². The number of carbonyl (C=O) groups is 2. The number of hydrogen-bond donors (Lipinski definition) is 4. The number of nitrogens with one attached hydrogen (secondary N) is 3. The molecular formula is C21H17N7O2. The highest BCUT2D eigenvalue weighted by Gasteiger charge is 2.19. The average Bonchev–Trinajstić information content (AvgIpc) is 3.49. The number of ketones is 1. The van der Waals surface area contributed by atoms with E-state index in [9.17, 15) is 9.59 Å². The summed E-state index contributed by atoms with van der Waals surface area (Å²) in [6.07, 6.45) is 1.65. The highest BCUT2D eigenvalue weighted by Crippen LogP contribution is 2.27. The van der Waals surface area contributed by atoms with E-state index in [1.54, 1.807) is 30.5 Å². The van der Waals surface area contributed by atoms with Crippen molar-refractivity contribution in [3.63, 3.8) is 0 Å². The number of para-hydroxylation sites is 1. The van der Waals surface area contributed by atoms with Crippen LogP contribution in [0.15, 0.2) is 54.7 Å². The molecule has 1 amide bonds. The number of amides is 1. The lowest BCUT2D eigenvalue weighted by atomic mass is 10.2. The Labute approximate surface area is 169 Å². The number of carbonyl (C=O) groups excluding carboxylic acids is 2. The number of nitrogens with zero attached hydrogens (tertiary/aromatic N) is 3. The Morgan fingerprint density at radius 3 is 2.70 bits per heavy atom. The van der Waals surface area contributed by atoms with Crippen LogP contribution in [-0.2, 0) is 0 Å². The molecule has 2 aromatic carbocycles. The number of rotatable bonds is 4. The zero-order chi connectivity index (χ0) is 20.8. The van der Waals surface area contributed by atoms with E-state index in [1.165, 1.54) is 11.7 Å². The third-order valence-electron chi connectivity index (χ3n) is 4.93. The first-order chi connectivity index (χ1) is 14.5. The highest BCUT2D eigenvalue weighted by atomic mass is 16.2. The van der Waals surface area contributed by atoms with E-state index in [4.69, 9.17) is 5.73 Å². The Bertz CT molecular complexity index is 1410. The van der Waals surface area contributed by atoms with Gasteiger partial charge in [-0.3, -0.25) is 9.59 Å². The van der Waals surface area contributed by atoms with Crippen molar-refractivity contribution in [1.29, 1.82) is 0 Å². The minimum absolute atomic E-state index is 0.167.